The summed E-state index contributed by atoms with van der Waals surface area (Å²) in [5.74, 6) is 0.801. The lowest BCUT2D eigenvalue weighted by Gasteiger charge is -2.03. The summed E-state index contributed by atoms with van der Waals surface area (Å²) in [6.45, 7) is 0.892. The maximum atomic E-state index is 13.3. The molecule has 1 fully saturated rings. The van der Waals surface area contributed by atoms with Crippen LogP contribution in [0.1, 0.15) is 12.8 Å². The van der Waals surface area contributed by atoms with Crippen LogP contribution in [0.2, 0.25) is 0 Å². The average molecular weight is 372 g/mol. The van der Waals surface area contributed by atoms with Gasteiger partial charge < -0.3 is 10.1 Å². The van der Waals surface area contributed by atoms with Gasteiger partial charge >= 0.3 is 0 Å². The largest absolute Gasteiger partial charge is 0.497 e. The normalized spacial score (nSPS) is 15.8. The Kier molecular flexibility index (Phi) is 3.90. The fraction of sp³-hybridized carbons (Fsp3) is 0.182. The zero-order valence-electron chi connectivity index (χ0n) is 15.6. The molecule has 1 N–H and O–H groups in total. The molecule has 0 radical (unpaired) electrons. The van der Waals surface area contributed by atoms with Gasteiger partial charge in [0.1, 0.15) is 11.0 Å². The van der Waals surface area contributed by atoms with Gasteiger partial charge in [0.05, 0.1) is 24.7 Å². The third-order valence-corrected chi connectivity index (χ3v) is 5.16. The number of benzene rings is 2. The molecule has 0 saturated carbocycles. The molecule has 3 heterocycles. The molecule has 28 heavy (non-hydrogen) atoms. The van der Waals surface area contributed by atoms with E-state index in [-0.39, 0.29) is 5.56 Å². The number of hydrogen-bond acceptors (Lipinski definition) is 4. The Labute approximate surface area is 161 Å². The third-order valence-electron chi connectivity index (χ3n) is 5.16. The van der Waals surface area contributed by atoms with E-state index in [0.29, 0.717) is 10.9 Å². The molecule has 0 bridgehead atoms. The lowest BCUT2D eigenvalue weighted by molar-refractivity contribution is 0.415. The third kappa shape index (κ3) is 2.57. The molecule has 6 nitrogen and oxygen atoms in total. The molecule has 0 spiro atoms. The predicted octanol–water partition coefficient (Wildman–Crippen LogP) is 2.37. The number of fused-ring (bicyclic) bond motifs is 1. The minimum absolute atomic E-state index is 0.0422. The average Bonchev–Trinajstić information content (AvgIpc) is 3.45. The molecule has 4 aromatic rings. The summed E-state index contributed by atoms with van der Waals surface area (Å²) in [6.07, 6.45) is 3.82. The lowest BCUT2D eigenvalue weighted by atomic mass is 10.2. The predicted molar refractivity (Wildman–Crippen MR) is 109 cm³/mol. The van der Waals surface area contributed by atoms with Crippen LogP contribution in [0.5, 0.6) is 5.75 Å². The van der Waals surface area contributed by atoms with Gasteiger partial charge in [-0.3, -0.25) is 4.79 Å². The molecule has 0 aliphatic carbocycles. The molecular weight excluding hydrogens is 352 g/mol. The van der Waals surface area contributed by atoms with Crippen LogP contribution < -0.4 is 20.8 Å². The first-order valence-electron chi connectivity index (χ1n) is 9.37. The first-order chi connectivity index (χ1) is 13.8. The summed E-state index contributed by atoms with van der Waals surface area (Å²) in [6, 6.07) is 17.5. The van der Waals surface area contributed by atoms with Crippen LogP contribution in [0.15, 0.2) is 65.6 Å². The van der Waals surface area contributed by atoms with Crippen molar-refractivity contribution in [1.82, 2.24) is 19.5 Å². The fourth-order valence-electron chi connectivity index (χ4n) is 3.78. The Morgan fingerprint density at radius 1 is 1.07 bits per heavy atom. The molecule has 0 atom stereocenters. The molecule has 1 aliphatic rings. The number of aromatic nitrogens is 3. The van der Waals surface area contributed by atoms with Crippen molar-refractivity contribution in [2.45, 2.75) is 12.8 Å². The molecule has 1 aliphatic heterocycles. The summed E-state index contributed by atoms with van der Waals surface area (Å²) >= 11 is 0. The van der Waals surface area contributed by atoms with Crippen LogP contribution in [0.25, 0.3) is 28.3 Å². The van der Waals surface area contributed by atoms with Crippen molar-refractivity contribution in [2.24, 2.45) is 0 Å². The van der Waals surface area contributed by atoms with Crippen LogP contribution in [-0.2, 0) is 0 Å². The number of nitrogens with zero attached hydrogens (tertiary/aromatic N) is 3. The van der Waals surface area contributed by atoms with Crippen LogP contribution in [-0.4, -0.2) is 27.8 Å². The first kappa shape index (κ1) is 16.6. The molecular formula is C22H20N4O2. The lowest BCUT2D eigenvalue weighted by Crippen LogP contribution is -2.32. The van der Waals surface area contributed by atoms with Crippen molar-refractivity contribution >= 4 is 11.3 Å². The first-order valence-corrected chi connectivity index (χ1v) is 9.37. The van der Waals surface area contributed by atoms with Gasteiger partial charge in [-0.2, -0.15) is 0 Å². The highest BCUT2D eigenvalue weighted by molar-refractivity contribution is 5.66. The van der Waals surface area contributed by atoms with E-state index in [1.54, 1.807) is 11.8 Å². The van der Waals surface area contributed by atoms with Crippen molar-refractivity contribution < 1.29 is 4.74 Å². The van der Waals surface area contributed by atoms with E-state index in [4.69, 9.17) is 9.72 Å². The zero-order chi connectivity index (χ0) is 19.1. The summed E-state index contributed by atoms with van der Waals surface area (Å²) in [7, 11) is 1.65. The summed E-state index contributed by atoms with van der Waals surface area (Å²) in [5, 5.41) is 4.04. The van der Waals surface area contributed by atoms with Gasteiger partial charge in [-0.05, 0) is 49.2 Å². The molecule has 1 saturated heterocycles. The number of methoxy groups -OCH3 is 1. The van der Waals surface area contributed by atoms with Crippen molar-refractivity contribution in [3.63, 3.8) is 0 Å². The molecule has 140 valence electrons. The topological polar surface area (TPSA) is 60.6 Å². The van der Waals surface area contributed by atoms with E-state index in [9.17, 15) is 4.79 Å². The van der Waals surface area contributed by atoms with Crippen LogP contribution in [0.4, 0.5) is 0 Å². The Morgan fingerprint density at radius 3 is 2.54 bits per heavy atom. The fourth-order valence-corrected chi connectivity index (χ4v) is 3.78. The number of rotatable bonds is 3. The molecule has 2 aromatic carbocycles. The Balaban J connectivity index is 1.79. The van der Waals surface area contributed by atoms with Gasteiger partial charge in [0, 0.05) is 17.8 Å². The van der Waals surface area contributed by atoms with Gasteiger partial charge in [-0.15, -0.1) is 0 Å². The molecule has 0 amide bonds. The number of para-hydroxylation sites is 1. The monoisotopic (exact) mass is 372 g/mol. The quantitative estimate of drug-likeness (QED) is 0.600. The highest BCUT2D eigenvalue weighted by Crippen LogP contribution is 2.22. The number of hydrogen-bond donors (Lipinski definition) is 1. The zero-order valence-corrected chi connectivity index (χ0v) is 15.6. The second kappa shape index (κ2) is 6.56. The Bertz CT molecular complexity index is 1250. The van der Waals surface area contributed by atoms with Crippen molar-refractivity contribution in [1.29, 1.82) is 0 Å². The van der Waals surface area contributed by atoms with E-state index < -0.39 is 0 Å². The summed E-state index contributed by atoms with van der Waals surface area (Å²) in [4.78, 5) is 18.1. The van der Waals surface area contributed by atoms with Crippen molar-refractivity contribution in [3.8, 4) is 22.7 Å². The number of nitrogens with one attached hydrogen (secondary N) is 1. The maximum Gasteiger partial charge on any atom is 0.283 e. The molecule has 6 heteroatoms. The number of ether oxygens (including phenoxy) is 1. The van der Waals surface area contributed by atoms with Gasteiger partial charge in [-0.1, -0.05) is 18.2 Å². The SMILES string of the molecule is COc1ccc(-c2cn3c(n2)/c(=C2/CCCN2)c(=O)n3-c2ccccc2)cc1. The maximum absolute atomic E-state index is 13.3. The van der Waals surface area contributed by atoms with E-state index in [1.807, 2.05) is 65.3 Å². The van der Waals surface area contributed by atoms with Crippen LogP contribution >= 0.6 is 0 Å². The molecule has 0 unspecified atom stereocenters. The molecule has 5 rings (SSSR count). The van der Waals surface area contributed by atoms with Gasteiger partial charge in [0.25, 0.3) is 5.56 Å². The van der Waals surface area contributed by atoms with Crippen LogP contribution in [0, 0.1) is 0 Å². The van der Waals surface area contributed by atoms with Crippen LogP contribution in [0.3, 0.4) is 0 Å². The van der Waals surface area contributed by atoms with E-state index in [2.05, 4.69) is 5.32 Å². The van der Waals surface area contributed by atoms with Gasteiger partial charge in [-0.25, -0.2) is 14.2 Å². The van der Waals surface area contributed by atoms with Gasteiger partial charge in [0.15, 0.2) is 5.65 Å². The minimum atomic E-state index is -0.0422. The highest BCUT2D eigenvalue weighted by Gasteiger charge is 2.20. The highest BCUT2D eigenvalue weighted by atomic mass is 16.5. The standard InChI is InChI=1S/C22H20N4O2/c1-28-17-11-9-15(10-12-17)19-14-25-21(24-19)20(18-8-5-13-23-18)22(27)26(25)16-6-3-2-4-7-16/h2-4,6-7,9-12,14,23H,5,8,13H2,1H3/b20-18+. The smallest absolute Gasteiger partial charge is 0.283 e. The second-order valence-electron chi connectivity index (χ2n) is 6.86. The Morgan fingerprint density at radius 2 is 1.86 bits per heavy atom. The summed E-state index contributed by atoms with van der Waals surface area (Å²) < 4.78 is 8.80. The van der Waals surface area contributed by atoms with E-state index in [0.717, 1.165) is 47.8 Å². The van der Waals surface area contributed by atoms with E-state index in [1.165, 1.54) is 0 Å². The van der Waals surface area contributed by atoms with E-state index >= 15 is 0 Å². The second-order valence-corrected chi connectivity index (χ2v) is 6.86. The summed E-state index contributed by atoms with van der Waals surface area (Å²) in [5.41, 5.74) is 4.25. The Hall–Kier alpha value is -3.54. The minimum Gasteiger partial charge on any atom is -0.497 e. The van der Waals surface area contributed by atoms with Gasteiger partial charge in [0.2, 0.25) is 0 Å². The van der Waals surface area contributed by atoms with Crippen molar-refractivity contribution in [3.05, 3.63) is 76.4 Å². The van der Waals surface area contributed by atoms with Crippen molar-refractivity contribution in [2.75, 3.05) is 13.7 Å². The molecule has 2 aromatic heterocycles. The number of imidazole rings is 1.